The van der Waals surface area contributed by atoms with Gasteiger partial charge in [0.1, 0.15) is 12.4 Å². The topological polar surface area (TPSA) is 45.6 Å². The van der Waals surface area contributed by atoms with E-state index in [-0.39, 0.29) is 30.3 Å². The predicted octanol–water partition coefficient (Wildman–Crippen LogP) is 6.79. The fraction of sp³-hybridized carbons (Fsp3) is 0.419. The van der Waals surface area contributed by atoms with Gasteiger partial charge in [-0.2, -0.15) is 0 Å². The largest absolute Gasteiger partial charge is 0.345 e. The molecule has 0 spiro atoms. The summed E-state index contributed by atoms with van der Waals surface area (Å²) in [6.07, 6.45) is 7.33. The molecule has 4 rings (SSSR count). The van der Waals surface area contributed by atoms with Gasteiger partial charge in [-0.25, -0.2) is 4.39 Å². The molecule has 1 saturated carbocycles. The summed E-state index contributed by atoms with van der Waals surface area (Å²) in [4.78, 5) is 30.8. The average Bonchev–Trinajstić information content (AvgIpc) is 3.35. The molecule has 0 unspecified atom stereocenters. The lowest BCUT2D eigenvalue weighted by Gasteiger charge is -2.36. The fourth-order valence-electron chi connectivity index (χ4n) is 5.23. The van der Waals surface area contributed by atoms with Gasteiger partial charge in [-0.1, -0.05) is 62.9 Å². The highest BCUT2D eigenvalue weighted by Gasteiger charge is 2.29. The molecule has 0 saturated heterocycles. The van der Waals surface area contributed by atoms with Gasteiger partial charge in [0, 0.05) is 41.6 Å². The summed E-state index contributed by atoms with van der Waals surface area (Å²) in [5.74, 6) is -0.518. The van der Waals surface area contributed by atoms with E-state index in [2.05, 4.69) is 10.6 Å². The van der Waals surface area contributed by atoms with Crippen molar-refractivity contribution in [1.82, 2.24) is 14.4 Å². The maximum absolute atomic E-state index is 13.9. The van der Waals surface area contributed by atoms with E-state index in [9.17, 15) is 14.0 Å². The molecular weight excluding hydrogens is 501 g/mol. The SMILES string of the molecule is CC(C)CN(CC(=O)N(Cc1cccn1Cc1ccccc1Cl)C1CCCCC1)C(=O)c1ccc(F)cc1. The first-order valence-corrected chi connectivity index (χ1v) is 13.9. The van der Waals surface area contributed by atoms with E-state index in [0.29, 0.717) is 25.2 Å². The molecule has 1 aromatic heterocycles. The molecule has 202 valence electrons. The summed E-state index contributed by atoms with van der Waals surface area (Å²) >= 11 is 6.42. The molecule has 3 aromatic rings. The van der Waals surface area contributed by atoms with Gasteiger partial charge in [0.2, 0.25) is 5.91 Å². The molecule has 0 aliphatic heterocycles. The van der Waals surface area contributed by atoms with E-state index in [0.717, 1.165) is 42.0 Å². The van der Waals surface area contributed by atoms with E-state index >= 15 is 0 Å². The van der Waals surface area contributed by atoms with Crippen molar-refractivity contribution in [2.75, 3.05) is 13.1 Å². The van der Waals surface area contributed by atoms with Crippen LogP contribution >= 0.6 is 11.6 Å². The van der Waals surface area contributed by atoms with E-state index in [1.165, 1.54) is 30.7 Å². The Morgan fingerprint density at radius 2 is 1.71 bits per heavy atom. The quantitative estimate of drug-likeness (QED) is 0.286. The third kappa shape index (κ3) is 7.25. The number of halogens is 2. The third-order valence-corrected chi connectivity index (χ3v) is 7.55. The van der Waals surface area contributed by atoms with Gasteiger partial charge < -0.3 is 14.4 Å². The molecule has 0 bridgehead atoms. The molecule has 1 heterocycles. The van der Waals surface area contributed by atoms with E-state index < -0.39 is 5.82 Å². The molecule has 1 aliphatic rings. The van der Waals surface area contributed by atoms with Crippen LogP contribution in [-0.2, 0) is 17.9 Å². The standard InChI is InChI=1S/C31H37ClFN3O2/c1-23(2)19-35(31(38)24-14-16-26(33)17-15-24)22-30(37)36(27-10-4-3-5-11-27)21-28-12-8-18-34(28)20-25-9-6-7-13-29(25)32/h6-9,12-18,23,27H,3-5,10-11,19-22H2,1-2H3. The molecule has 0 atom stereocenters. The van der Waals surface area contributed by atoms with Gasteiger partial charge in [0.15, 0.2) is 0 Å². The minimum absolute atomic E-state index is 0.00386. The number of benzene rings is 2. The van der Waals surface area contributed by atoms with Crippen LogP contribution < -0.4 is 0 Å². The lowest BCUT2D eigenvalue weighted by molar-refractivity contribution is -0.135. The average molecular weight is 538 g/mol. The number of nitrogens with zero attached hydrogens (tertiary/aromatic N) is 3. The molecule has 0 N–H and O–H groups in total. The number of hydrogen-bond donors (Lipinski definition) is 0. The van der Waals surface area contributed by atoms with Crippen LogP contribution in [0.25, 0.3) is 0 Å². The van der Waals surface area contributed by atoms with Crippen molar-refractivity contribution in [2.24, 2.45) is 5.92 Å². The first-order valence-electron chi connectivity index (χ1n) is 13.5. The Morgan fingerprint density at radius 1 is 1.00 bits per heavy atom. The Morgan fingerprint density at radius 3 is 2.39 bits per heavy atom. The van der Waals surface area contributed by atoms with E-state index in [4.69, 9.17) is 11.6 Å². The number of carbonyl (C=O) groups excluding carboxylic acids is 2. The zero-order chi connectivity index (χ0) is 27.1. The summed E-state index contributed by atoms with van der Waals surface area (Å²) < 4.78 is 15.6. The molecule has 5 nitrogen and oxygen atoms in total. The Hall–Kier alpha value is -3.12. The molecule has 38 heavy (non-hydrogen) atoms. The number of aromatic nitrogens is 1. The molecule has 2 aromatic carbocycles. The summed E-state index contributed by atoms with van der Waals surface area (Å²) in [5, 5.41) is 0.719. The minimum Gasteiger partial charge on any atom is -0.345 e. The van der Waals surface area contributed by atoms with Gasteiger partial charge in [0.05, 0.1) is 6.54 Å². The first-order chi connectivity index (χ1) is 18.3. The third-order valence-electron chi connectivity index (χ3n) is 7.18. The van der Waals surface area contributed by atoms with Gasteiger partial charge >= 0.3 is 0 Å². The second kappa shape index (κ2) is 13.1. The van der Waals surface area contributed by atoms with Crippen molar-refractivity contribution in [3.05, 3.63) is 94.5 Å². The molecule has 1 fully saturated rings. The summed E-state index contributed by atoms with van der Waals surface area (Å²) in [7, 11) is 0. The summed E-state index contributed by atoms with van der Waals surface area (Å²) in [6, 6.07) is 17.5. The molecule has 2 amide bonds. The molecule has 7 heteroatoms. The van der Waals surface area contributed by atoms with Gasteiger partial charge in [0.25, 0.3) is 5.91 Å². The fourth-order valence-corrected chi connectivity index (χ4v) is 5.43. The summed E-state index contributed by atoms with van der Waals surface area (Å²) in [5.41, 5.74) is 2.44. The smallest absolute Gasteiger partial charge is 0.254 e. The number of carbonyl (C=O) groups is 2. The normalized spacial score (nSPS) is 14.0. The van der Waals surface area contributed by atoms with E-state index in [1.54, 1.807) is 4.90 Å². The van der Waals surface area contributed by atoms with E-state index in [1.807, 2.05) is 55.3 Å². The second-order valence-electron chi connectivity index (χ2n) is 10.6. The zero-order valence-corrected chi connectivity index (χ0v) is 23.0. The highest BCUT2D eigenvalue weighted by molar-refractivity contribution is 6.31. The van der Waals surface area contributed by atoms with Crippen molar-refractivity contribution in [1.29, 1.82) is 0 Å². The van der Waals surface area contributed by atoms with Crippen LogP contribution in [0.2, 0.25) is 5.02 Å². The monoisotopic (exact) mass is 537 g/mol. The van der Waals surface area contributed by atoms with Crippen LogP contribution in [0.4, 0.5) is 4.39 Å². The minimum atomic E-state index is -0.392. The lowest BCUT2D eigenvalue weighted by atomic mass is 9.94. The Kier molecular flexibility index (Phi) is 9.62. The lowest BCUT2D eigenvalue weighted by Crippen LogP contribution is -2.48. The van der Waals surface area contributed by atoms with Crippen LogP contribution in [0.1, 0.15) is 67.6 Å². The molecule has 0 radical (unpaired) electrons. The predicted molar refractivity (Wildman–Crippen MR) is 150 cm³/mol. The van der Waals surface area contributed by atoms with Crippen molar-refractivity contribution in [3.8, 4) is 0 Å². The van der Waals surface area contributed by atoms with Crippen LogP contribution in [0.5, 0.6) is 0 Å². The second-order valence-corrected chi connectivity index (χ2v) is 11.0. The summed E-state index contributed by atoms with van der Waals surface area (Å²) in [6.45, 7) is 5.59. The van der Waals surface area contributed by atoms with Crippen LogP contribution in [-0.4, -0.2) is 45.3 Å². The molecular formula is C31H37ClFN3O2. The van der Waals surface area contributed by atoms with Crippen molar-refractivity contribution in [3.63, 3.8) is 0 Å². The van der Waals surface area contributed by atoms with Crippen molar-refractivity contribution >= 4 is 23.4 Å². The van der Waals surface area contributed by atoms with Crippen LogP contribution in [0.15, 0.2) is 66.9 Å². The molecule has 1 aliphatic carbocycles. The van der Waals surface area contributed by atoms with Gasteiger partial charge in [-0.15, -0.1) is 0 Å². The van der Waals surface area contributed by atoms with Crippen LogP contribution in [0, 0.1) is 11.7 Å². The van der Waals surface area contributed by atoms with Crippen molar-refractivity contribution < 1.29 is 14.0 Å². The first kappa shape index (κ1) is 27.9. The Bertz CT molecular complexity index is 1220. The maximum Gasteiger partial charge on any atom is 0.254 e. The number of rotatable bonds is 10. The maximum atomic E-state index is 13.9. The Labute approximate surface area is 230 Å². The number of amides is 2. The van der Waals surface area contributed by atoms with Crippen LogP contribution in [0.3, 0.4) is 0 Å². The van der Waals surface area contributed by atoms with Crippen molar-refractivity contribution in [2.45, 2.75) is 65.1 Å². The highest BCUT2D eigenvalue weighted by atomic mass is 35.5. The van der Waals surface area contributed by atoms with Gasteiger partial charge in [-0.05, 0) is 66.8 Å². The highest BCUT2D eigenvalue weighted by Crippen LogP contribution is 2.26. The van der Waals surface area contributed by atoms with Gasteiger partial charge in [-0.3, -0.25) is 9.59 Å². The number of hydrogen-bond acceptors (Lipinski definition) is 2. The Balaban J connectivity index is 1.56. The zero-order valence-electron chi connectivity index (χ0n) is 22.3.